The lowest BCUT2D eigenvalue weighted by Gasteiger charge is -2.17. The van der Waals surface area contributed by atoms with Crippen LogP contribution in [-0.2, 0) is 9.59 Å². The summed E-state index contributed by atoms with van der Waals surface area (Å²) in [6.45, 7) is 4.38. The highest BCUT2D eigenvalue weighted by atomic mass is 16.5. The fourth-order valence-corrected chi connectivity index (χ4v) is 3.22. The van der Waals surface area contributed by atoms with E-state index in [9.17, 15) is 9.59 Å². The number of methoxy groups -OCH3 is 2. The molecule has 2 amide bonds. The van der Waals surface area contributed by atoms with Crippen LogP contribution in [0.1, 0.15) is 23.1 Å². The molecule has 0 spiro atoms. The summed E-state index contributed by atoms with van der Waals surface area (Å²) in [4.78, 5) is 26.5. The highest BCUT2D eigenvalue weighted by Crippen LogP contribution is 2.28. The normalized spacial score (nSPS) is 16.3. The predicted octanol–water partition coefficient (Wildman–Crippen LogP) is 2.82. The zero-order valence-corrected chi connectivity index (χ0v) is 17.1. The smallest absolute Gasteiger partial charge is 0.245 e. The first kappa shape index (κ1) is 20.4. The molecule has 1 saturated heterocycles. The first-order valence-corrected chi connectivity index (χ1v) is 9.35. The molecule has 1 N–H and O–H groups in total. The zero-order valence-electron chi connectivity index (χ0n) is 17.1. The monoisotopic (exact) mass is 395 g/mol. The molecule has 1 heterocycles. The highest BCUT2D eigenvalue weighted by Gasteiger charge is 2.35. The molecule has 29 heavy (non-hydrogen) atoms. The van der Waals surface area contributed by atoms with Gasteiger partial charge >= 0.3 is 0 Å². The van der Waals surface area contributed by atoms with Gasteiger partial charge in [-0.1, -0.05) is 6.07 Å². The van der Waals surface area contributed by atoms with Gasteiger partial charge in [-0.25, -0.2) is 5.43 Å². The van der Waals surface area contributed by atoms with E-state index in [1.807, 2.05) is 32.0 Å². The van der Waals surface area contributed by atoms with Gasteiger partial charge in [-0.15, -0.1) is 0 Å². The number of rotatable bonds is 6. The van der Waals surface area contributed by atoms with Gasteiger partial charge in [0.05, 0.1) is 26.4 Å². The minimum Gasteiger partial charge on any atom is -0.493 e. The van der Waals surface area contributed by atoms with Gasteiger partial charge in [0.2, 0.25) is 11.8 Å². The Morgan fingerprint density at radius 3 is 2.55 bits per heavy atom. The molecular weight excluding hydrogens is 370 g/mol. The van der Waals surface area contributed by atoms with Crippen LogP contribution in [0.3, 0.4) is 0 Å². The van der Waals surface area contributed by atoms with E-state index in [1.165, 1.54) is 11.8 Å². The van der Waals surface area contributed by atoms with Crippen molar-refractivity contribution in [2.45, 2.75) is 20.3 Å². The summed E-state index contributed by atoms with van der Waals surface area (Å²) in [6.07, 6.45) is 1.70. The number of nitrogens with one attached hydrogen (secondary N) is 1. The Labute approximate surface area is 170 Å². The number of hydrogen-bond donors (Lipinski definition) is 1. The molecule has 7 nitrogen and oxygen atoms in total. The second-order valence-corrected chi connectivity index (χ2v) is 7.02. The number of hydrazone groups is 1. The first-order chi connectivity index (χ1) is 13.9. The first-order valence-electron chi connectivity index (χ1n) is 9.35. The molecular formula is C22H25N3O4. The number of ether oxygens (including phenoxy) is 2. The van der Waals surface area contributed by atoms with Crippen molar-refractivity contribution in [3.63, 3.8) is 0 Å². The molecule has 7 heteroatoms. The van der Waals surface area contributed by atoms with Crippen LogP contribution in [0.4, 0.5) is 5.69 Å². The van der Waals surface area contributed by atoms with Crippen LogP contribution in [0.15, 0.2) is 41.5 Å². The molecule has 0 saturated carbocycles. The van der Waals surface area contributed by atoms with Crippen LogP contribution in [0.25, 0.3) is 0 Å². The van der Waals surface area contributed by atoms with Crippen molar-refractivity contribution in [1.82, 2.24) is 5.43 Å². The Bertz CT molecular complexity index is 955. The van der Waals surface area contributed by atoms with Crippen molar-refractivity contribution in [2.75, 3.05) is 25.7 Å². The molecule has 1 unspecified atom stereocenters. The van der Waals surface area contributed by atoms with E-state index in [-0.39, 0.29) is 18.2 Å². The number of nitrogens with zero attached hydrogens (tertiary/aromatic N) is 2. The number of aryl methyl sites for hydroxylation is 2. The van der Waals surface area contributed by atoms with E-state index in [1.54, 1.807) is 37.3 Å². The molecule has 1 aliphatic heterocycles. The van der Waals surface area contributed by atoms with Gasteiger partial charge in [0.1, 0.15) is 0 Å². The van der Waals surface area contributed by atoms with Gasteiger partial charge in [0.25, 0.3) is 0 Å². The Morgan fingerprint density at radius 2 is 1.86 bits per heavy atom. The molecule has 0 aliphatic carbocycles. The lowest BCUT2D eigenvalue weighted by Crippen LogP contribution is -2.30. The zero-order chi connectivity index (χ0) is 21.0. The summed E-state index contributed by atoms with van der Waals surface area (Å²) >= 11 is 0. The summed E-state index contributed by atoms with van der Waals surface area (Å²) in [6, 6.07) is 11.2. The lowest BCUT2D eigenvalue weighted by molar-refractivity contribution is -0.126. The molecule has 1 aliphatic rings. The molecule has 3 rings (SSSR count). The maximum absolute atomic E-state index is 12.5. The van der Waals surface area contributed by atoms with Gasteiger partial charge in [0.15, 0.2) is 11.5 Å². The van der Waals surface area contributed by atoms with Crippen molar-refractivity contribution in [1.29, 1.82) is 0 Å². The second kappa shape index (κ2) is 8.77. The lowest BCUT2D eigenvalue weighted by atomic mass is 10.1. The number of hydrogen-bond acceptors (Lipinski definition) is 5. The minimum absolute atomic E-state index is 0.0581. The number of benzene rings is 2. The summed E-state index contributed by atoms with van der Waals surface area (Å²) < 4.78 is 10.4. The van der Waals surface area contributed by atoms with Gasteiger partial charge in [-0.05, 0) is 60.9 Å². The largest absolute Gasteiger partial charge is 0.493 e. The number of amides is 2. The van der Waals surface area contributed by atoms with Crippen LogP contribution < -0.4 is 19.8 Å². The second-order valence-electron chi connectivity index (χ2n) is 7.02. The number of anilines is 1. The number of carbonyl (C=O) groups is 2. The van der Waals surface area contributed by atoms with E-state index < -0.39 is 5.92 Å². The van der Waals surface area contributed by atoms with Crippen LogP contribution in [-0.4, -0.2) is 38.8 Å². The standard InChI is InChI=1S/C22H25N3O4/c1-14-5-7-18(9-15(14)2)25-13-17(11-21(25)26)22(27)24-23-12-16-6-8-19(28-3)20(10-16)29-4/h5-10,12,17H,11,13H2,1-4H3,(H,24,27)/b23-12+. The van der Waals surface area contributed by atoms with Crippen molar-refractivity contribution < 1.29 is 19.1 Å². The maximum Gasteiger partial charge on any atom is 0.245 e. The fraction of sp³-hybridized carbons (Fsp3) is 0.318. The Balaban J connectivity index is 1.62. The summed E-state index contributed by atoms with van der Waals surface area (Å²) in [7, 11) is 3.12. The van der Waals surface area contributed by atoms with Gasteiger partial charge in [-0.2, -0.15) is 5.10 Å². The summed E-state index contributed by atoms with van der Waals surface area (Å²) in [5.41, 5.74) is 6.38. The SMILES string of the molecule is COc1ccc(/C=N/NC(=O)C2CC(=O)N(c3ccc(C)c(C)c3)C2)cc1OC. The molecule has 2 aromatic rings. The quantitative estimate of drug-likeness (QED) is 0.602. The minimum atomic E-state index is -0.438. The van der Waals surface area contributed by atoms with Gasteiger partial charge < -0.3 is 14.4 Å². The van der Waals surface area contributed by atoms with E-state index >= 15 is 0 Å². The van der Waals surface area contributed by atoms with Gasteiger partial charge in [-0.3, -0.25) is 9.59 Å². The molecule has 152 valence electrons. The van der Waals surface area contributed by atoms with Gasteiger partial charge in [0, 0.05) is 18.7 Å². The third kappa shape index (κ3) is 4.56. The Kier molecular flexibility index (Phi) is 6.16. The van der Waals surface area contributed by atoms with E-state index in [0.29, 0.717) is 18.0 Å². The third-order valence-electron chi connectivity index (χ3n) is 5.09. The topological polar surface area (TPSA) is 80.2 Å². The number of carbonyl (C=O) groups excluding carboxylic acids is 2. The summed E-state index contributed by atoms with van der Waals surface area (Å²) in [5, 5.41) is 4.01. The van der Waals surface area contributed by atoms with Crippen molar-refractivity contribution in [3.8, 4) is 11.5 Å². The average molecular weight is 395 g/mol. The predicted molar refractivity (Wildman–Crippen MR) is 112 cm³/mol. The maximum atomic E-state index is 12.5. The third-order valence-corrected chi connectivity index (χ3v) is 5.09. The molecule has 0 aromatic heterocycles. The van der Waals surface area contributed by atoms with Crippen LogP contribution in [0.5, 0.6) is 11.5 Å². The van der Waals surface area contributed by atoms with Crippen LogP contribution in [0, 0.1) is 19.8 Å². The van der Waals surface area contributed by atoms with Crippen LogP contribution >= 0.6 is 0 Å². The fourth-order valence-electron chi connectivity index (χ4n) is 3.22. The van der Waals surface area contributed by atoms with Crippen LogP contribution in [0.2, 0.25) is 0 Å². The highest BCUT2D eigenvalue weighted by molar-refractivity contribution is 6.00. The van der Waals surface area contributed by atoms with Crippen molar-refractivity contribution in [2.24, 2.45) is 11.0 Å². The molecule has 1 fully saturated rings. The molecule has 0 bridgehead atoms. The Hall–Kier alpha value is -3.35. The molecule has 2 aromatic carbocycles. The van der Waals surface area contributed by atoms with E-state index in [0.717, 1.165) is 16.8 Å². The average Bonchev–Trinajstić information content (AvgIpc) is 3.11. The van der Waals surface area contributed by atoms with E-state index in [4.69, 9.17) is 9.47 Å². The van der Waals surface area contributed by atoms with E-state index in [2.05, 4.69) is 10.5 Å². The molecule has 0 radical (unpaired) electrons. The van der Waals surface area contributed by atoms with Crippen molar-refractivity contribution in [3.05, 3.63) is 53.1 Å². The molecule has 1 atom stereocenters. The summed E-state index contributed by atoms with van der Waals surface area (Å²) in [5.74, 6) is 0.420. The Morgan fingerprint density at radius 1 is 1.10 bits per heavy atom. The van der Waals surface area contributed by atoms with Crippen molar-refractivity contribution >= 4 is 23.7 Å².